The maximum Gasteiger partial charge on any atom is 0.146 e. The van der Waals surface area contributed by atoms with E-state index in [1.807, 2.05) is 32.1 Å². The molecule has 1 N–H and O–H groups in total. The molecule has 0 bridgehead atoms. The van der Waals surface area contributed by atoms with E-state index in [0.717, 1.165) is 5.56 Å². The van der Waals surface area contributed by atoms with Crippen molar-refractivity contribution in [3.63, 3.8) is 0 Å². The zero-order valence-corrected chi connectivity index (χ0v) is 10.1. The summed E-state index contributed by atoms with van der Waals surface area (Å²) in [7, 11) is 5.53. The lowest BCUT2D eigenvalue weighted by Gasteiger charge is -2.17. The molecule has 0 saturated heterocycles. The van der Waals surface area contributed by atoms with E-state index in [1.165, 1.54) is 0 Å². The summed E-state index contributed by atoms with van der Waals surface area (Å²) in [4.78, 5) is 3.70. The number of anilines is 1. The van der Waals surface area contributed by atoms with Crippen LogP contribution in [0.4, 0.5) is 10.1 Å². The molecule has 0 amide bonds. The molecule has 16 heavy (non-hydrogen) atoms. The number of benzene rings is 1. The first-order valence-electron chi connectivity index (χ1n) is 5.29. The van der Waals surface area contributed by atoms with Crippen molar-refractivity contribution in [3.8, 4) is 0 Å². The quantitative estimate of drug-likeness (QED) is 0.820. The molecule has 1 rings (SSSR count). The fourth-order valence-electron chi connectivity index (χ4n) is 1.57. The molecular formula is C12H19FN2O. The molecule has 0 aliphatic rings. The van der Waals surface area contributed by atoms with Gasteiger partial charge in [0.05, 0.1) is 12.3 Å². The van der Waals surface area contributed by atoms with E-state index in [2.05, 4.69) is 0 Å². The van der Waals surface area contributed by atoms with Gasteiger partial charge in [-0.1, -0.05) is 6.07 Å². The summed E-state index contributed by atoms with van der Waals surface area (Å²) in [5, 5.41) is 8.76. The Kier molecular flexibility index (Phi) is 4.71. The normalized spacial score (nSPS) is 10.9. The van der Waals surface area contributed by atoms with Gasteiger partial charge in [-0.25, -0.2) is 4.39 Å². The third kappa shape index (κ3) is 3.47. The summed E-state index contributed by atoms with van der Waals surface area (Å²) in [5.41, 5.74) is 1.51. The molecule has 90 valence electrons. The number of hydrogen-bond donors (Lipinski definition) is 1. The highest BCUT2D eigenvalue weighted by Crippen LogP contribution is 2.18. The van der Waals surface area contributed by atoms with E-state index >= 15 is 0 Å². The highest BCUT2D eigenvalue weighted by Gasteiger charge is 2.06. The predicted octanol–water partition coefficient (Wildman–Crippen LogP) is 1.32. The molecule has 1 aromatic rings. The van der Waals surface area contributed by atoms with Gasteiger partial charge in [-0.3, -0.25) is 4.90 Å². The maximum absolute atomic E-state index is 13.6. The highest BCUT2D eigenvalue weighted by molar-refractivity contribution is 5.47. The first-order chi connectivity index (χ1) is 7.54. The molecule has 0 fully saturated rings. The van der Waals surface area contributed by atoms with Crippen LogP contribution in [0.2, 0.25) is 0 Å². The topological polar surface area (TPSA) is 26.7 Å². The second-order valence-electron chi connectivity index (χ2n) is 4.14. The number of hydrogen-bond acceptors (Lipinski definition) is 3. The van der Waals surface area contributed by atoms with E-state index in [0.29, 0.717) is 18.8 Å². The van der Waals surface area contributed by atoms with Gasteiger partial charge in [0, 0.05) is 27.2 Å². The van der Waals surface area contributed by atoms with Crippen molar-refractivity contribution < 1.29 is 9.50 Å². The fourth-order valence-corrected chi connectivity index (χ4v) is 1.57. The Labute approximate surface area is 96.1 Å². The lowest BCUT2D eigenvalue weighted by atomic mass is 10.2. The molecule has 0 heterocycles. The van der Waals surface area contributed by atoms with E-state index in [9.17, 15) is 4.39 Å². The number of aliphatic hydroxyl groups excluding tert-OH is 1. The van der Waals surface area contributed by atoms with Crippen molar-refractivity contribution in [2.75, 3.05) is 39.2 Å². The van der Waals surface area contributed by atoms with Crippen LogP contribution in [0.1, 0.15) is 5.56 Å². The van der Waals surface area contributed by atoms with Gasteiger partial charge < -0.3 is 10.0 Å². The van der Waals surface area contributed by atoms with Gasteiger partial charge in [0.15, 0.2) is 0 Å². The van der Waals surface area contributed by atoms with Gasteiger partial charge in [-0.2, -0.15) is 0 Å². The summed E-state index contributed by atoms with van der Waals surface area (Å²) in [6, 6.07) is 5.23. The van der Waals surface area contributed by atoms with Gasteiger partial charge in [-0.15, -0.1) is 0 Å². The third-order valence-electron chi connectivity index (χ3n) is 2.43. The molecule has 0 atom stereocenters. The van der Waals surface area contributed by atoms with Crippen molar-refractivity contribution in [1.29, 1.82) is 0 Å². The third-order valence-corrected chi connectivity index (χ3v) is 2.43. The Morgan fingerprint density at radius 3 is 2.44 bits per heavy atom. The van der Waals surface area contributed by atoms with Gasteiger partial charge in [0.1, 0.15) is 5.82 Å². The summed E-state index contributed by atoms with van der Waals surface area (Å²) >= 11 is 0. The largest absolute Gasteiger partial charge is 0.395 e. The lowest BCUT2D eigenvalue weighted by molar-refractivity contribution is 0.217. The van der Waals surface area contributed by atoms with Crippen LogP contribution in [-0.4, -0.2) is 44.3 Å². The summed E-state index contributed by atoms with van der Waals surface area (Å²) < 4.78 is 13.6. The Morgan fingerprint density at radius 2 is 1.94 bits per heavy atom. The Morgan fingerprint density at radius 1 is 1.25 bits per heavy atom. The minimum Gasteiger partial charge on any atom is -0.395 e. The lowest BCUT2D eigenvalue weighted by Crippen LogP contribution is -2.21. The van der Waals surface area contributed by atoms with Crippen molar-refractivity contribution in [3.05, 3.63) is 29.6 Å². The van der Waals surface area contributed by atoms with Gasteiger partial charge in [0.2, 0.25) is 0 Å². The number of rotatable bonds is 5. The predicted molar refractivity (Wildman–Crippen MR) is 64.1 cm³/mol. The number of aliphatic hydroxyl groups is 1. The fraction of sp³-hybridized carbons (Fsp3) is 0.500. The van der Waals surface area contributed by atoms with Crippen LogP contribution in [0.25, 0.3) is 0 Å². The van der Waals surface area contributed by atoms with Gasteiger partial charge >= 0.3 is 0 Å². The molecule has 0 saturated carbocycles. The first kappa shape index (κ1) is 12.9. The average molecular weight is 226 g/mol. The van der Waals surface area contributed by atoms with Crippen LogP contribution in [0.3, 0.4) is 0 Å². The number of halogens is 1. The zero-order valence-electron chi connectivity index (χ0n) is 10.1. The average Bonchev–Trinajstić information content (AvgIpc) is 2.17. The molecule has 0 spiro atoms. The second kappa shape index (κ2) is 5.82. The number of nitrogens with zero attached hydrogens (tertiary/aromatic N) is 2. The summed E-state index contributed by atoms with van der Waals surface area (Å²) in [6.07, 6.45) is 0. The van der Waals surface area contributed by atoms with Crippen molar-refractivity contribution >= 4 is 5.69 Å². The van der Waals surface area contributed by atoms with Crippen LogP contribution < -0.4 is 4.90 Å². The van der Waals surface area contributed by atoms with Crippen LogP contribution in [-0.2, 0) is 6.54 Å². The van der Waals surface area contributed by atoms with Crippen LogP contribution in [0.15, 0.2) is 18.2 Å². The van der Waals surface area contributed by atoms with Gasteiger partial charge in [-0.05, 0) is 24.7 Å². The zero-order chi connectivity index (χ0) is 12.1. The molecule has 0 aliphatic carbocycles. The van der Waals surface area contributed by atoms with Crippen molar-refractivity contribution in [2.24, 2.45) is 0 Å². The van der Waals surface area contributed by atoms with Crippen LogP contribution >= 0.6 is 0 Å². The summed E-state index contributed by atoms with van der Waals surface area (Å²) in [5.74, 6) is -0.208. The van der Waals surface area contributed by atoms with E-state index in [-0.39, 0.29) is 12.4 Å². The van der Waals surface area contributed by atoms with Crippen LogP contribution in [0.5, 0.6) is 0 Å². The van der Waals surface area contributed by atoms with Gasteiger partial charge in [0.25, 0.3) is 0 Å². The van der Waals surface area contributed by atoms with E-state index in [4.69, 9.17) is 5.11 Å². The minimum absolute atomic E-state index is 0.120. The Bertz CT molecular complexity index is 342. The number of likely N-dealkylation sites (N-methyl/N-ethyl adjacent to an activating group) is 1. The molecule has 0 aliphatic heterocycles. The molecular weight excluding hydrogens is 207 g/mol. The van der Waals surface area contributed by atoms with Crippen molar-refractivity contribution in [2.45, 2.75) is 6.54 Å². The molecule has 3 nitrogen and oxygen atoms in total. The molecule has 0 unspecified atom stereocenters. The van der Waals surface area contributed by atoms with E-state index in [1.54, 1.807) is 17.0 Å². The minimum atomic E-state index is -0.208. The maximum atomic E-state index is 13.6. The SMILES string of the molecule is CN(CCO)Cc1ccc(N(C)C)c(F)c1. The molecule has 1 aromatic carbocycles. The van der Waals surface area contributed by atoms with Crippen LogP contribution in [0, 0.1) is 5.82 Å². The highest BCUT2D eigenvalue weighted by atomic mass is 19.1. The monoisotopic (exact) mass is 226 g/mol. The van der Waals surface area contributed by atoms with E-state index < -0.39 is 0 Å². The second-order valence-corrected chi connectivity index (χ2v) is 4.14. The van der Waals surface area contributed by atoms with Crippen molar-refractivity contribution in [1.82, 2.24) is 4.90 Å². The molecule has 0 aromatic heterocycles. The Balaban J connectivity index is 2.73. The first-order valence-corrected chi connectivity index (χ1v) is 5.29. The summed E-state index contributed by atoms with van der Waals surface area (Å²) in [6.45, 7) is 1.36. The Hall–Kier alpha value is -1.13. The smallest absolute Gasteiger partial charge is 0.146 e. The molecule has 0 radical (unpaired) electrons. The standard InChI is InChI=1S/C12H19FN2O/c1-14(2)12-5-4-10(8-11(12)13)9-15(3)6-7-16/h4-5,8,16H,6-7,9H2,1-3H3. The molecule has 4 heteroatoms.